The van der Waals surface area contributed by atoms with Gasteiger partial charge in [0.2, 0.25) is 0 Å². The van der Waals surface area contributed by atoms with Crippen LogP contribution in [0.2, 0.25) is 5.02 Å². The van der Waals surface area contributed by atoms with Crippen LogP contribution in [0.25, 0.3) is 0 Å². The number of rotatable bonds is 8. The minimum absolute atomic E-state index is 0.228. The lowest BCUT2D eigenvalue weighted by atomic mass is 9.74. The molecular formula is C26H35ClN2O2. The van der Waals surface area contributed by atoms with E-state index in [4.69, 9.17) is 16.3 Å². The molecule has 5 heteroatoms. The standard InChI is InChI=1S/C26H35ClN2O2/c1-28-21-13-14-29(16-21)17-23(22-9-5-6-10-25(22)30)20-11-12-26(24(27)15-20)31-18-19-7-3-2-4-8-19/h2-4,7-8,11-12,15,21-23,25,28,30H,5-6,9-10,13-14,16-18H2,1H3/t21-,22?,23?,25?/m1/s1. The van der Waals surface area contributed by atoms with Crippen molar-refractivity contribution in [2.75, 3.05) is 26.7 Å². The van der Waals surface area contributed by atoms with Crippen LogP contribution in [-0.2, 0) is 6.61 Å². The summed E-state index contributed by atoms with van der Waals surface area (Å²) in [6, 6.07) is 16.9. The van der Waals surface area contributed by atoms with Crippen LogP contribution in [0.4, 0.5) is 0 Å². The molecule has 0 radical (unpaired) electrons. The van der Waals surface area contributed by atoms with Gasteiger partial charge >= 0.3 is 0 Å². The zero-order valence-corrected chi connectivity index (χ0v) is 19.2. The van der Waals surface area contributed by atoms with Crippen LogP contribution in [0.15, 0.2) is 48.5 Å². The van der Waals surface area contributed by atoms with Gasteiger partial charge in [0.1, 0.15) is 12.4 Å². The van der Waals surface area contributed by atoms with Gasteiger partial charge in [0.05, 0.1) is 11.1 Å². The molecule has 2 aliphatic rings. The molecule has 2 fully saturated rings. The summed E-state index contributed by atoms with van der Waals surface area (Å²) >= 11 is 6.67. The summed E-state index contributed by atoms with van der Waals surface area (Å²) < 4.78 is 5.99. The van der Waals surface area contributed by atoms with Crippen molar-refractivity contribution in [2.45, 2.75) is 56.8 Å². The van der Waals surface area contributed by atoms with Crippen molar-refractivity contribution in [3.63, 3.8) is 0 Å². The van der Waals surface area contributed by atoms with E-state index in [2.05, 4.69) is 34.5 Å². The molecule has 1 aliphatic heterocycles. The first-order valence-electron chi connectivity index (χ1n) is 11.7. The van der Waals surface area contributed by atoms with Gasteiger partial charge in [-0.2, -0.15) is 0 Å². The van der Waals surface area contributed by atoms with Crippen LogP contribution in [-0.4, -0.2) is 48.8 Å². The van der Waals surface area contributed by atoms with Crippen LogP contribution in [0, 0.1) is 5.92 Å². The average molecular weight is 443 g/mol. The van der Waals surface area contributed by atoms with Gasteiger partial charge in [0.25, 0.3) is 0 Å². The molecular weight excluding hydrogens is 408 g/mol. The Hall–Kier alpha value is -1.59. The number of nitrogens with zero attached hydrogens (tertiary/aromatic N) is 1. The second-order valence-corrected chi connectivity index (χ2v) is 9.53. The predicted molar refractivity (Wildman–Crippen MR) is 127 cm³/mol. The van der Waals surface area contributed by atoms with Gasteiger partial charge in [-0.1, -0.05) is 60.8 Å². The smallest absolute Gasteiger partial charge is 0.138 e. The number of hydrogen-bond donors (Lipinski definition) is 2. The quantitative estimate of drug-likeness (QED) is 0.613. The number of aliphatic hydroxyl groups is 1. The Morgan fingerprint density at radius 1 is 1.13 bits per heavy atom. The molecule has 1 saturated heterocycles. The van der Waals surface area contributed by atoms with Gasteiger partial charge in [0.15, 0.2) is 0 Å². The number of aliphatic hydroxyl groups excluding tert-OH is 1. The van der Waals surface area contributed by atoms with E-state index < -0.39 is 0 Å². The Balaban J connectivity index is 1.50. The largest absolute Gasteiger partial charge is 0.487 e. The third-order valence-corrected chi connectivity index (χ3v) is 7.35. The van der Waals surface area contributed by atoms with Crippen LogP contribution < -0.4 is 10.1 Å². The molecule has 4 atom stereocenters. The molecule has 31 heavy (non-hydrogen) atoms. The molecule has 2 N–H and O–H groups in total. The molecule has 168 valence electrons. The summed E-state index contributed by atoms with van der Waals surface area (Å²) in [6.07, 6.45) is 5.27. The molecule has 0 aromatic heterocycles. The van der Waals surface area contributed by atoms with E-state index in [0.717, 1.165) is 44.5 Å². The fourth-order valence-electron chi connectivity index (χ4n) is 5.21. The fourth-order valence-corrected chi connectivity index (χ4v) is 5.45. The highest BCUT2D eigenvalue weighted by atomic mass is 35.5. The van der Waals surface area contributed by atoms with Gasteiger partial charge in [0, 0.05) is 25.0 Å². The highest BCUT2D eigenvalue weighted by Crippen LogP contribution is 2.39. The number of ether oxygens (including phenoxy) is 1. The third-order valence-electron chi connectivity index (χ3n) is 7.06. The zero-order valence-electron chi connectivity index (χ0n) is 18.5. The summed E-state index contributed by atoms with van der Waals surface area (Å²) in [5.41, 5.74) is 2.34. The number of halogens is 1. The monoisotopic (exact) mass is 442 g/mol. The van der Waals surface area contributed by atoms with E-state index in [1.807, 2.05) is 31.3 Å². The van der Waals surface area contributed by atoms with Gasteiger partial charge in [-0.25, -0.2) is 0 Å². The lowest BCUT2D eigenvalue weighted by molar-refractivity contribution is 0.0475. The minimum atomic E-state index is -0.228. The van der Waals surface area contributed by atoms with E-state index in [-0.39, 0.29) is 17.9 Å². The van der Waals surface area contributed by atoms with Crippen molar-refractivity contribution in [3.8, 4) is 5.75 Å². The van der Waals surface area contributed by atoms with Gasteiger partial charge in [-0.3, -0.25) is 0 Å². The van der Waals surface area contributed by atoms with Crippen LogP contribution in [0.3, 0.4) is 0 Å². The molecule has 1 aliphatic carbocycles. The van der Waals surface area contributed by atoms with E-state index in [9.17, 15) is 5.11 Å². The van der Waals surface area contributed by atoms with Crippen LogP contribution in [0.5, 0.6) is 5.75 Å². The fraction of sp³-hybridized carbons (Fsp3) is 0.538. The topological polar surface area (TPSA) is 44.7 Å². The molecule has 2 aromatic rings. The van der Waals surface area contributed by atoms with Gasteiger partial charge < -0.3 is 20.1 Å². The van der Waals surface area contributed by atoms with E-state index in [1.54, 1.807) is 0 Å². The molecule has 0 bridgehead atoms. The Bertz CT molecular complexity index is 831. The number of nitrogens with one attached hydrogen (secondary N) is 1. The lowest BCUT2D eigenvalue weighted by Gasteiger charge is -2.37. The van der Waals surface area contributed by atoms with Crippen molar-refractivity contribution in [3.05, 3.63) is 64.7 Å². The second kappa shape index (κ2) is 10.8. The third kappa shape index (κ3) is 5.81. The van der Waals surface area contributed by atoms with Crippen molar-refractivity contribution in [2.24, 2.45) is 5.92 Å². The SMILES string of the molecule is CN[C@@H]1CCN(CC(c2ccc(OCc3ccccc3)c(Cl)c2)C2CCCCC2O)C1. The Labute approximate surface area is 191 Å². The average Bonchev–Trinajstić information content (AvgIpc) is 3.26. The number of hydrogen-bond acceptors (Lipinski definition) is 4. The molecule has 0 spiro atoms. The van der Waals surface area contributed by atoms with E-state index in [1.165, 1.54) is 18.4 Å². The summed E-state index contributed by atoms with van der Waals surface area (Å²) in [6.45, 7) is 3.66. The first-order chi connectivity index (χ1) is 15.1. The van der Waals surface area contributed by atoms with Crippen LogP contribution in [0.1, 0.15) is 49.1 Å². The Kier molecular flexibility index (Phi) is 7.89. The zero-order chi connectivity index (χ0) is 21.6. The molecule has 0 amide bonds. The molecule has 3 unspecified atom stereocenters. The summed E-state index contributed by atoms with van der Waals surface area (Å²) in [7, 11) is 2.05. The molecule has 1 saturated carbocycles. The Morgan fingerprint density at radius 3 is 2.65 bits per heavy atom. The Morgan fingerprint density at radius 2 is 1.94 bits per heavy atom. The molecule has 4 nitrogen and oxygen atoms in total. The lowest BCUT2D eigenvalue weighted by Crippen LogP contribution is -2.38. The van der Waals surface area contributed by atoms with Crippen molar-refractivity contribution >= 4 is 11.6 Å². The maximum Gasteiger partial charge on any atom is 0.138 e. The van der Waals surface area contributed by atoms with Gasteiger partial charge in [-0.15, -0.1) is 0 Å². The summed E-state index contributed by atoms with van der Waals surface area (Å²) in [4.78, 5) is 2.54. The van der Waals surface area contributed by atoms with Crippen molar-refractivity contribution < 1.29 is 9.84 Å². The first-order valence-corrected chi connectivity index (χ1v) is 12.1. The second-order valence-electron chi connectivity index (χ2n) is 9.12. The highest BCUT2D eigenvalue weighted by molar-refractivity contribution is 6.32. The normalized spacial score (nSPS) is 25.5. The molecule has 4 rings (SSSR count). The molecule has 1 heterocycles. The number of likely N-dealkylation sites (N-methyl/N-ethyl adjacent to an activating group) is 1. The van der Waals surface area contributed by atoms with E-state index in [0.29, 0.717) is 23.4 Å². The maximum atomic E-state index is 10.8. The van der Waals surface area contributed by atoms with Crippen molar-refractivity contribution in [1.29, 1.82) is 0 Å². The summed E-state index contributed by atoms with van der Waals surface area (Å²) in [5, 5.41) is 14.9. The first kappa shape index (κ1) is 22.6. The maximum absolute atomic E-state index is 10.8. The molecule has 2 aromatic carbocycles. The minimum Gasteiger partial charge on any atom is -0.487 e. The highest BCUT2D eigenvalue weighted by Gasteiger charge is 2.34. The summed E-state index contributed by atoms with van der Waals surface area (Å²) in [5.74, 6) is 1.29. The van der Waals surface area contributed by atoms with Gasteiger partial charge in [-0.05, 0) is 62.0 Å². The number of benzene rings is 2. The number of likely N-dealkylation sites (tertiary alicyclic amines) is 1. The van der Waals surface area contributed by atoms with Crippen molar-refractivity contribution in [1.82, 2.24) is 10.2 Å². The predicted octanol–water partition coefficient (Wildman–Crippen LogP) is 4.85. The van der Waals surface area contributed by atoms with Crippen LogP contribution >= 0.6 is 11.6 Å². The van der Waals surface area contributed by atoms with E-state index >= 15 is 0 Å².